The summed E-state index contributed by atoms with van der Waals surface area (Å²) < 4.78 is 0. The summed E-state index contributed by atoms with van der Waals surface area (Å²) in [4.78, 5) is 26.9. The molecular formula is C17H23N5O. The fraction of sp³-hybridized carbons (Fsp3) is 0.412. The maximum Gasteiger partial charge on any atom is 0.271 e. The van der Waals surface area contributed by atoms with Crippen LogP contribution >= 0.6 is 0 Å². The molecule has 2 aromatic heterocycles. The molecule has 0 spiro atoms. The first-order chi connectivity index (χ1) is 11.2. The van der Waals surface area contributed by atoms with Gasteiger partial charge in [-0.1, -0.05) is 13.8 Å². The third-order valence-electron chi connectivity index (χ3n) is 3.38. The van der Waals surface area contributed by atoms with Crippen molar-refractivity contribution in [2.24, 2.45) is 0 Å². The highest BCUT2D eigenvalue weighted by atomic mass is 16.1. The molecule has 0 aliphatic heterocycles. The SMILES string of the molecule is CCCN(CCC)c1cnc(C(=O)NCc2ccncc2)cn1. The Labute approximate surface area is 137 Å². The zero-order chi connectivity index (χ0) is 16.5. The van der Waals surface area contributed by atoms with Crippen molar-refractivity contribution in [2.45, 2.75) is 33.2 Å². The van der Waals surface area contributed by atoms with E-state index in [2.05, 4.69) is 39.0 Å². The van der Waals surface area contributed by atoms with Crippen molar-refractivity contribution in [1.29, 1.82) is 0 Å². The van der Waals surface area contributed by atoms with Gasteiger partial charge in [0.05, 0.1) is 12.4 Å². The van der Waals surface area contributed by atoms with E-state index in [1.54, 1.807) is 18.6 Å². The van der Waals surface area contributed by atoms with Crippen LogP contribution in [0.1, 0.15) is 42.7 Å². The zero-order valence-electron chi connectivity index (χ0n) is 13.7. The Morgan fingerprint density at radius 3 is 2.35 bits per heavy atom. The monoisotopic (exact) mass is 313 g/mol. The van der Waals surface area contributed by atoms with Gasteiger partial charge < -0.3 is 10.2 Å². The third kappa shape index (κ3) is 5.02. The van der Waals surface area contributed by atoms with Crippen LogP contribution in [0, 0.1) is 0 Å². The van der Waals surface area contributed by atoms with E-state index in [0.717, 1.165) is 37.3 Å². The van der Waals surface area contributed by atoms with Gasteiger partial charge in [-0.15, -0.1) is 0 Å². The molecule has 0 aromatic carbocycles. The molecule has 23 heavy (non-hydrogen) atoms. The van der Waals surface area contributed by atoms with Crippen molar-refractivity contribution in [1.82, 2.24) is 20.3 Å². The molecule has 0 saturated heterocycles. The summed E-state index contributed by atoms with van der Waals surface area (Å²) in [7, 11) is 0. The summed E-state index contributed by atoms with van der Waals surface area (Å²) in [6.45, 7) is 6.60. The molecule has 0 unspecified atom stereocenters. The first kappa shape index (κ1) is 16.9. The lowest BCUT2D eigenvalue weighted by Gasteiger charge is -2.22. The van der Waals surface area contributed by atoms with E-state index in [0.29, 0.717) is 12.2 Å². The van der Waals surface area contributed by atoms with Crippen LogP contribution < -0.4 is 10.2 Å². The summed E-state index contributed by atoms with van der Waals surface area (Å²) in [6, 6.07) is 3.73. The number of carbonyl (C=O) groups excluding carboxylic acids is 1. The summed E-state index contributed by atoms with van der Waals surface area (Å²) in [5.74, 6) is 0.595. The van der Waals surface area contributed by atoms with Crippen LogP contribution in [-0.2, 0) is 6.54 Å². The van der Waals surface area contributed by atoms with Crippen molar-refractivity contribution < 1.29 is 4.79 Å². The Kier molecular flexibility index (Phi) is 6.47. The van der Waals surface area contributed by atoms with Gasteiger partial charge in [0.1, 0.15) is 11.5 Å². The molecule has 0 atom stereocenters. The first-order valence-corrected chi connectivity index (χ1v) is 7.98. The molecule has 0 fully saturated rings. The van der Waals surface area contributed by atoms with E-state index in [-0.39, 0.29) is 5.91 Å². The maximum absolute atomic E-state index is 12.1. The third-order valence-corrected chi connectivity index (χ3v) is 3.38. The number of amides is 1. The number of anilines is 1. The Morgan fingerprint density at radius 2 is 1.78 bits per heavy atom. The fourth-order valence-electron chi connectivity index (χ4n) is 2.26. The molecular weight excluding hydrogens is 290 g/mol. The molecule has 2 rings (SSSR count). The second-order valence-electron chi connectivity index (χ2n) is 5.29. The number of nitrogens with one attached hydrogen (secondary N) is 1. The van der Waals surface area contributed by atoms with Crippen LogP contribution in [0.4, 0.5) is 5.82 Å². The summed E-state index contributed by atoms with van der Waals surface area (Å²) in [5.41, 5.74) is 1.32. The predicted octanol–water partition coefficient (Wildman–Crippen LogP) is 2.43. The molecule has 2 aromatic rings. The van der Waals surface area contributed by atoms with Gasteiger partial charge in [-0.3, -0.25) is 9.78 Å². The van der Waals surface area contributed by atoms with E-state index < -0.39 is 0 Å². The normalized spacial score (nSPS) is 10.3. The van der Waals surface area contributed by atoms with Gasteiger partial charge in [-0.05, 0) is 30.5 Å². The van der Waals surface area contributed by atoms with Gasteiger partial charge in [0, 0.05) is 32.0 Å². The highest BCUT2D eigenvalue weighted by Gasteiger charge is 2.10. The maximum atomic E-state index is 12.1. The number of nitrogens with zero attached hydrogens (tertiary/aromatic N) is 4. The summed E-state index contributed by atoms with van der Waals surface area (Å²) in [5, 5.41) is 2.83. The molecule has 122 valence electrons. The van der Waals surface area contributed by atoms with Crippen molar-refractivity contribution in [3.05, 3.63) is 48.2 Å². The second-order valence-corrected chi connectivity index (χ2v) is 5.29. The lowest BCUT2D eigenvalue weighted by Crippen LogP contribution is -2.27. The van der Waals surface area contributed by atoms with Crippen molar-refractivity contribution in [3.8, 4) is 0 Å². The Morgan fingerprint density at radius 1 is 1.09 bits per heavy atom. The molecule has 6 heteroatoms. The zero-order valence-corrected chi connectivity index (χ0v) is 13.7. The molecule has 0 aliphatic rings. The average Bonchev–Trinajstić information content (AvgIpc) is 2.60. The van der Waals surface area contributed by atoms with Gasteiger partial charge in [0.15, 0.2) is 0 Å². The molecule has 6 nitrogen and oxygen atoms in total. The summed E-state index contributed by atoms with van der Waals surface area (Å²) in [6.07, 6.45) is 8.71. The molecule has 0 saturated carbocycles. The fourth-order valence-corrected chi connectivity index (χ4v) is 2.26. The van der Waals surface area contributed by atoms with Crippen LogP contribution in [0.3, 0.4) is 0 Å². The van der Waals surface area contributed by atoms with E-state index in [9.17, 15) is 4.79 Å². The highest BCUT2D eigenvalue weighted by Crippen LogP contribution is 2.10. The van der Waals surface area contributed by atoms with Crippen molar-refractivity contribution >= 4 is 11.7 Å². The van der Waals surface area contributed by atoms with Crippen LogP contribution in [0.2, 0.25) is 0 Å². The Balaban J connectivity index is 1.96. The number of hydrogen-bond donors (Lipinski definition) is 1. The highest BCUT2D eigenvalue weighted by molar-refractivity contribution is 5.91. The van der Waals surface area contributed by atoms with E-state index in [1.165, 1.54) is 6.20 Å². The lowest BCUT2D eigenvalue weighted by molar-refractivity contribution is 0.0945. The van der Waals surface area contributed by atoms with Gasteiger partial charge in [-0.25, -0.2) is 9.97 Å². The van der Waals surface area contributed by atoms with Crippen molar-refractivity contribution in [2.75, 3.05) is 18.0 Å². The number of aromatic nitrogens is 3. The van der Waals surface area contributed by atoms with Gasteiger partial charge in [0.25, 0.3) is 5.91 Å². The number of rotatable bonds is 8. The number of hydrogen-bond acceptors (Lipinski definition) is 5. The van der Waals surface area contributed by atoms with Crippen LogP contribution in [0.25, 0.3) is 0 Å². The minimum atomic E-state index is -0.224. The molecule has 1 N–H and O–H groups in total. The van der Waals surface area contributed by atoms with E-state index >= 15 is 0 Å². The molecule has 0 aliphatic carbocycles. The van der Waals surface area contributed by atoms with Gasteiger partial charge in [0.2, 0.25) is 0 Å². The first-order valence-electron chi connectivity index (χ1n) is 7.98. The molecule has 2 heterocycles. The quantitative estimate of drug-likeness (QED) is 0.810. The standard InChI is InChI=1S/C17H23N5O/c1-3-9-22(10-4-2)16-13-19-15(12-20-16)17(23)21-11-14-5-7-18-8-6-14/h5-8,12-13H,3-4,9-11H2,1-2H3,(H,21,23). The lowest BCUT2D eigenvalue weighted by atomic mass is 10.2. The smallest absolute Gasteiger partial charge is 0.271 e. The van der Waals surface area contributed by atoms with Crippen LogP contribution in [0.15, 0.2) is 36.9 Å². The average molecular weight is 313 g/mol. The Bertz CT molecular complexity index is 594. The number of carbonyl (C=O) groups is 1. The molecule has 0 radical (unpaired) electrons. The molecule has 1 amide bonds. The summed E-state index contributed by atoms with van der Waals surface area (Å²) >= 11 is 0. The van der Waals surface area contributed by atoms with Crippen molar-refractivity contribution in [3.63, 3.8) is 0 Å². The molecule has 0 bridgehead atoms. The largest absolute Gasteiger partial charge is 0.355 e. The van der Waals surface area contributed by atoms with Crippen LogP contribution in [-0.4, -0.2) is 33.9 Å². The minimum Gasteiger partial charge on any atom is -0.355 e. The van der Waals surface area contributed by atoms with Gasteiger partial charge in [-0.2, -0.15) is 0 Å². The van der Waals surface area contributed by atoms with Gasteiger partial charge >= 0.3 is 0 Å². The predicted molar refractivity (Wildman–Crippen MR) is 90.2 cm³/mol. The number of pyridine rings is 1. The minimum absolute atomic E-state index is 0.224. The van der Waals surface area contributed by atoms with Crippen LogP contribution in [0.5, 0.6) is 0 Å². The van der Waals surface area contributed by atoms with E-state index in [4.69, 9.17) is 0 Å². The Hall–Kier alpha value is -2.50. The topological polar surface area (TPSA) is 71.0 Å². The van der Waals surface area contributed by atoms with E-state index in [1.807, 2.05) is 12.1 Å². The second kappa shape index (κ2) is 8.82.